The van der Waals surface area contributed by atoms with Crippen molar-refractivity contribution in [3.63, 3.8) is 0 Å². The van der Waals surface area contributed by atoms with Crippen molar-refractivity contribution in [2.75, 3.05) is 22.7 Å². The molecule has 0 unspecified atom stereocenters. The van der Waals surface area contributed by atoms with E-state index in [4.69, 9.17) is 28.3 Å². The molecule has 0 aliphatic heterocycles. The van der Waals surface area contributed by atoms with Crippen LogP contribution in [0.15, 0.2) is 54.6 Å². The Morgan fingerprint density at radius 1 is 1.00 bits per heavy atom. The Kier molecular flexibility index (Phi) is 5.95. The maximum atomic E-state index is 10.8. The van der Waals surface area contributed by atoms with Gasteiger partial charge in [-0.05, 0) is 18.2 Å². The fourth-order valence-electron chi connectivity index (χ4n) is 2.22. The Morgan fingerprint density at radius 2 is 1.78 bits per heavy atom. The van der Waals surface area contributed by atoms with Gasteiger partial charge in [-0.2, -0.15) is 4.98 Å². The zero-order valence-corrected chi connectivity index (χ0v) is 15.4. The van der Waals surface area contributed by atoms with Gasteiger partial charge in [0.25, 0.3) is 0 Å². The molecule has 0 saturated carbocycles. The summed E-state index contributed by atoms with van der Waals surface area (Å²) in [5, 5.41) is 12.5. The Hall–Kier alpha value is -3.03. The Bertz CT molecular complexity index is 954. The molecule has 0 spiro atoms. The minimum Gasteiger partial charge on any atom is -0.480 e. The number of halogens is 2. The topological polar surface area (TPSA) is 99.2 Å². The van der Waals surface area contributed by atoms with Crippen molar-refractivity contribution >= 4 is 46.6 Å². The number of carbonyl (C=O) groups is 1. The molecule has 0 saturated heterocycles. The average molecular weight is 404 g/mol. The maximum Gasteiger partial charge on any atom is 0.322 e. The molecule has 3 rings (SSSR count). The summed E-state index contributed by atoms with van der Waals surface area (Å²) < 4.78 is 0. The van der Waals surface area contributed by atoms with Gasteiger partial charge in [-0.15, -0.1) is 0 Å². The number of hydrogen-bond acceptors (Lipinski definition) is 6. The van der Waals surface area contributed by atoms with Crippen molar-refractivity contribution in [1.29, 1.82) is 0 Å². The van der Waals surface area contributed by atoms with Gasteiger partial charge in [-0.1, -0.05) is 53.5 Å². The second kappa shape index (κ2) is 8.57. The fraction of sp³-hybridized carbons (Fsp3) is 0.0556. The molecule has 0 radical (unpaired) electrons. The molecule has 0 atom stereocenters. The number of benzene rings is 2. The van der Waals surface area contributed by atoms with E-state index in [2.05, 4.69) is 26.1 Å². The van der Waals surface area contributed by atoms with Gasteiger partial charge < -0.3 is 10.4 Å². The molecule has 138 valence electrons. The van der Waals surface area contributed by atoms with Crippen molar-refractivity contribution in [2.45, 2.75) is 0 Å². The van der Waals surface area contributed by atoms with Gasteiger partial charge in [0.2, 0.25) is 5.95 Å². The molecule has 0 aliphatic rings. The fourth-order valence-corrected chi connectivity index (χ4v) is 2.68. The number of nitrogens with zero attached hydrogens (tertiary/aromatic N) is 2. The summed E-state index contributed by atoms with van der Waals surface area (Å²) in [5.74, 6) is -0.391. The van der Waals surface area contributed by atoms with Crippen LogP contribution in [0.2, 0.25) is 10.0 Å². The molecule has 7 nitrogen and oxygen atoms in total. The Balaban J connectivity index is 1.86. The van der Waals surface area contributed by atoms with Crippen molar-refractivity contribution in [3.05, 3.63) is 64.6 Å². The lowest BCUT2D eigenvalue weighted by molar-refractivity contribution is -0.134. The smallest absolute Gasteiger partial charge is 0.322 e. The first-order valence-electron chi connectivity index (χ1n) is 7.88. The predicted octanol–water partition coefficient (Wildman–Crippen LogP) is 4.39. The monoisotopic (exact) mass is 403 g/mol. The van der Waals surface area contributed by atoms with E-state index >= 15 is 0 Å². The molecule has 0 bridgehead atoms. The second-order valence-electron chi connectivity index (χ2n) is 5.45. The Labute approximate surface area is 165 Å². The maximum absolute atomic E-state index is 10.8. The van der Waals surface area contributed by atoms with Crippen LogP contribution < -0.4 is 16.2 Å². The number of aliphatic carboxylic acids is 1. The van der Waals surface area contributed by atoms with Crippen molar-refractivity contribution < 1.29 is 9.90 Å². The largest absolute Gasteiger partial charge is 0.480 e. The summed E-state index contributed by atoms with van der Waals surface area (Å²) in [6, 6.07) is 16.2. The van der Waals surface area contributed by atoms with Crippen LogP contribution in [0.4, 0.5) is 17.5 Å². The predicted molar refractivity (Wildman–Crippen MR) is 107 cm³/mol. The number of hydrogen-bond donors (Lipinski definition) is 4. The first-order valence-corrected chi connectivity index (χ1v) is 8.64. The normalized spacial score (nSPS) is 10.3. The number of carboxylic acid groups (broad SMARTS) is 1. The lowest BCUT2D eigenvalue weighted by Gasteiger charge is -2.13. The van der Waals surface area contributed by atoms with E-state index < -0.39 is 5.97 Å². The summed E-state index contributed by atoms with van der Waals surface area (Å²) in [6.45, 7) is -0.297. The van der Waals surface area contributed by atoms with E-state index in [-0.39, 0.29) is 12.5 Å². The molecule has 9 heteroatoms. The van der Waals surface area contributed by atoms with E-state index in [0.29, 0.717) is 27.2 Å². The highest BCUT2D eigenvalue weighted by Crippen LogP contribution is 2.26. The number of hydrazine groups is 1. The lowest BCUT2D eigenvalue weighted by Crippen LogP contribution is -2.16. The van der Waals surface area contributed by atoms with Crippen molar-refractivity contribution in [2.24, 2.45) is 0 Å². The van der Waals surface area contributed by atoms with E-state index in [0.717, 1.165) is 5.56 Å². The third-order valence-electron chi connectivity index (χ3n) is 3.45. The van der Waals surface area contributed by atoms with Gasteiger partial charge in [0.05, 0.1) is 16.4 Å². The molecule has 1 aromatic heterocycles. The van der Waals surface area contributed by atoms with E-state index in [9.17, 15) is 4.79 Å². The highest BCUT2D eigenvalue weighted by molar-refractivity contribution is 6.36. The third kappa shape index (κ3) is 5.22. The van der Waals surface area contributed by atoms with Gasteiger partial charge >= 0.3 is 5.97 Å². The molecule has 0 aliphatic carbocycles. The van der Waals surface area contributed by atoms with Gasteiger partial charge in [0, 0.05) is 16.7 Å². The zero-order valence-electron chi connectivity index (χ0n) is 13.9. The molecule has 4 N–H and O–H groups in total. The third-order valence-corrected chi connectivity index (χ3v) is 4.00. The van der Waals surface area contributed by atoms with Crippen LogP contribution >= 0.6 is 23.2 Å². The minimum absolute atomic E-state index is 0.185. The Morgan fingerprint density at radius 3 is 2.48 bits per heavy atom. The number of carboxylic acids is 1. The highest BCUT2D eigenvalue weighted by Gasteiger charge is 2.08. The summed E-state index contributed by atoms with van der Waals surface area (Å²) in [5.41, 5.74) is 8.00. The highest BCUT2D eigenvalue weighted by atomic mass is 35.5. The molecule has 27 heavy (non-hydrogen) atoms. The molecular formula is C18H15Cl2N5O2. The SMILES string of the molecule is O=C(O)CNc1nc(NNc2ccc(Cl)cc2Cl)cc(-c2ccccc2)n1. The van der Waals surface area contributed by atoms with Crippen LogP contribution in [0, 0.1) is 0 Å². The van der Waals surface area contributed by atoms with Gasteiger partial charge in [-0.3, -0.25) is 15.6 Å². The quantitative estimate of drug-likeness (QED) is 0.434. The summed E-state index contributed by atoms with van der Waals surface area (Å²) in [4.78, 5) is 19.4. The van der Waals surface area contributed by atoms with Gasteiger partial charge in [-0.25, -0.2) is 4.98 Å². The zero-order chi connectivity index (χ0) is 19.2. The second-order valence-corrected chi connectivity index (χ2v) is 6.29. The lowest BCUT2D eigenvalue weighted by atomic mass is 10.1. The van der Waals surface area contributed by atoms with Gasteiger partial charge in [0.1, 0.15) is 6.54 Å². The number of anilines is 3. The first-order chi connectivity index (χ1) is 13.0. The molecule has 2 aromatic carbocycles. The van der Waals surface area contributed by atoms with Crippen molar-refractivity contribution in [3.8, 4) is 11.3 Å². The first kappa shape index (κ1) is 18.8. The van der Waals surface area contributed by atoms with Crippen LogP contribution in [0.5, 0.6) is 0 Å². The summed E-state index contributed by atoms with van der Waals surface area (Å²) in [7, 11) is 0. The van der Waals surface area contributed by atoms with E-state index in [1.807, 2.05) is 30.3 Å². The summed E-state index contributed by atoms with van der Waals surface area (Å²) in [6.07, 6.45) is 0. The molecule has 0 fully saturated rings. The molecule has 1 heterocycles. The number of rotatable bonds is 7. The summed E-state index contributed by atoms with van der Waals surface area (Å²) >= 11 is 12.0. The van der Waals surface area contributed by atoms with Crippen LogP contribution in [0.25, 0.3) is 11.3 Å². The van der Waals surface area contributed by atoms with Crippen molar-refractivity contribution in [1.82, 2.24) is 9.97 Å². The number of nitrogens with one attached hydrogen (secondary N) is 3. The minimum atomic E-state index is -1.01. The standard InChI is InChI=1S/C18H15Cl2N5O2/c19-12-6-7-14(13(20)8-12)24-25-16-9-15(11-4-2-1-3-5-11)22-18(23-16)21-10-17(26)27/h1-9,24H,10H2,(H,26,27)(H2,21,22,23,25). The van der Waals surface area contributed by atoms with Crippen LogP contribution in [0.1, 0.15) is 0 Å². The number of aromatic nitrogens is 2. The van der Waals surface area contributed by atoms with E-state index in [1.165, 1.54) is 0 Å². The molecule has 0 amide bonds. The van der Waals surface area contributed by atoms with Crippen LogP contribution in [-0.2, 0) is 4.79 Å². The van der Waals surface area contributed by atoms with Gasteiger partial charge in [0.15, 0.2) is 5.82 Å². The van der Waals surface area contributed by atoms with Crippen LogP contribution in [0.3, 0.4) is 0 Å². The van der Waals surface area contributed by atoms with E-state index in [1.54, 1.807) is 24.3 Å². The molecule has 3 aromatic rings. The van der Waals surface area contributed by atoms with Crippen LogP contribution in [-0.4, -0.2) is 27.6 Å². The average Bonchev–Trinajstić information content (AvgIpc) is 2.66. The molecular weight excluding hydrogens is 389 g/mol.